The summed E-state index contributed by atoms with van der Waals surface area (Å²) in [7, 11) is -9.35. The summed E-state index contributed by atoms with van der Waals surface area (Å²) in [5, 5.41) is 3.38. The van der Waals surface area contributed by atoms with Crippen molar-refractivity contribution in [1.29, 1.82) is 0 Å². The predicted octanol–water partition coefficient (Wildman–Crippen LogP) is 5.02. The van der Waals surface area contributed by atoms with Gasteiger partial charge in [0.2, 0.25) is 5.91 Å². The largest absolute Gasteiger partial charge is 0.449 e. The van der Waals surface area contributed by atoms with E-state index in [0.29, 0.717) is 20.3 Å². The van der Waals surface area contributed by atoms with Crippen LogP contribution in [0.1, 0.15) is 18.2 Å². The molecule has 11 nitrogen and oxygen atoms in total. The smallest absolute Gasteiger partial charge is 0.419 e. The Morgan fingerprint density at radius 1 is 0.844 bits per heavy atom. The quantitative estimate of drug-likeness (QED) is 0.263. The number of hydrogen-bond donors (Lipinski definition) is 1. The van der Waals surface area contributed by atoms with E-state index < -0.39 is 32.0 Å². The number of para-hydroxylation sites is 1. The molecule has 0 spiro atoms. The number of anilines is 2. The maximum atomic E-state index is 14.1. The summed E-state index contributed by atoms with van der Waals surface area (Å²) < 4.78 is 63.3. The van der Waals surface area contributed by atoms with Crippen LogP contribution in [0.15, 0.2) is 124 Å². The van der Waals surface area contributed by atoms with Gasteiger partial charge in [0.1, 0.15) is 12.2 Å². The molecule has 0 aliphatic carbocycles. The average Bonchev–Trinajstić information content (AvgIpc) is 3.25. The van der Waals surface area contributed by atoms with Gasteiger partial charge < -0.3 is 10.1 Å². The van der Waals surface area contributed by atoms with Crippen molar-refractivity contribution in [2.75, 3.05) is 22.2 Å². The van der Waals surface area contributed by atoms with Crippen molar-refractivity contribution in [1.82, 2.24) is 4.57 Å². The minimum absolute atomic E-state index is 0.0814. The molecular formula is C32H26N4O7S2. The summed E-state index contributed by atoms with van der Waals surface area (Å²) in [5.74, 6) is -0.436. The van der Waals surface area contributed by atoms with Crippen LogP contribution < -0.4 is 9.03 Å². The molecule has 13 heteroatoms. The van der Waals surface area contributed by atoms with E-state index >= 15 is 0 Å². The molecule has 0 radical (unpaired) electrons. The molecular weight excluding hydrogens is 617 g/mol. The van der Waals surface area contributed by atoms with Crippen molar-refractivity contribution < 1.29 is 31.2 Å². The van der Waals surface area contributed by atoms with Gasteiger partial charge in [-0.1, -0.05) is 66.7 Å². The Hall–Kier alpha value is -5.27. The normalized spacial score (nSPS) is 13.4. The Bertz CT molecular complexity index is 2130. The van der Waals surface area contributed by atoms with Crippen LogP contribution in [0.4, 0.5) is 16.2 Å². The number of carbonyl (C=O) groups excluding carboxylic acids is 2. The van der Waals surface area contributed by atoms with E-state index in [-0.39, 0.29) is 45.6 Å². The van der Waals surface area contributed by atoms with Crippen LogP contribution in [0, 0.1) is 0 Å². The lowest BCUT2D eigenvalue weighted by Gasteiger charge is -2.25. The first-order chi connectivity index (χ1) is 21.6. The van der Waals surface area contributed by atoms with Gasteiger partial charge in [-0.15, -0.1) is 0 Å². The van der Waals surface area contributed by atoms with Crippen LogP contribution >= 0.6 is 0 Å². The number of aromatic nitrogens is 1. The topological polar surface area (TPSA) is 144 Å². The van der Waals surface area contributed by atoms with Gasteiger partial charge in [0.05, 0.1) is 39.0 Å². The molecule has 0 saturated heterocycles. The highest BCUT2D eigenvalue weighted by atomic mass is 32.3. The molecule has 2 heterocycles. The first-order valence-electron chi connectivity index (χ1n) is 13.8. The zero-order valence-electron chi connectivity index (χ0n) is 23.8. The van der Waals surface area contributed by atoms with E-state index in [1.165, 1.54) is 71.3 Å². The molecule has 5 aromatic rings. The number of carbonyl (C=O) groups is 2. The Kier molecular flexibility index (Phi) is 7.73. The van der Waals surface area contributed by atoms with Gasteiger partial charge in [0.25, 0.3) is 20.0 Å². The van der Waals surface area contributed by atoms with Crippen molar-refractivity contribution in [3.63, 3.8) is 0 Å². The first kappa shape index (κ1) is 29.8. The van der Waals surface area contributed by atoms with Gasteiger partial charge in [0.15, 0.2) is 0 Å². The van der Waals surface area contributed by atoms with Crippen LogP contribution in [-0.4, -0.2) is 52.3 Å². The minimum atomic E-state index is -4.67. The molecule has 45 heavy (non-hydrogen) atoms. The van der Waals surface area contributed by atoms with Crippen LogP contribution in [0.2, 0.25) is 0 Å². The van der Waals surface area contributed by atoms with Gasteiger partial charge in [-0.2, -0.15) is 3.71 Å². The van der Waals surface area contributed by atoms with E-state index in [2.05, 4.69) is 10.3 Å². The molecule has 4 aromatic carbocycles. The lowest BCUT2D eigenvalue weighted by atomic mass is 10.0. The molecule has 1 aliphatic heterocycles. The highest BCUT2D eigenvalue weighted by Gasteiger charge is 2.38. The van der Waals surface area contributed by atoms with Crippen molar-refractivity contribution in [3.8, 4) is 0 Å². The SMILES string of the molecule is CCOC(=O)n1c2c(c3ccccc31)NC(=O)CN=C2c1cccc(N(S(=O)(=O)c2ccccc2)S(=O)(=O)c2ccccc2)c1. The molecule has 1 aromatic heterocycles. The summed E-state index contributed by atoms with van der Waals surface area (Å²) in [6, 6.07) is 27.2. The fourth-order valence-corrected chi connectivity index (χ4v) is 8.87. The second-order valence-corrected chi connectivity index (χ2v) is 13.7. The average molecular weight is 643 g/mol. The first-order valence-corrected chi connectivity index (χ1v) is 16.7. The molecule has 0 atom stereocenters. The van der Waals surface area contributed by atoms with E-state index in [4.69, 9.17) is 4.74 Å². The third kappa shape index (κ3) is 5.25. The molecule has 0 saturated carbocycles. The van der Waals surface area contributed by atoms with Gasteiger partial charge >= 0.3 is 6.09 Å². The summed E-state index contributed by atoms with van der Waals surface area (Å²) in [6.07, 6.45) is -0.713. The summed E-state index contributed by atoms with van der Waals surface area (Å²) in [4.78, 5) is 30.2. The van der Waals surface area contributed by atoms with Gasteiger partial charge in [0, 0.05) is 10.9 Å². The zero-order valence-corrected chi connectivity index (χ0v) is 25.5. The number of nitrogens with one attached hydrogen (secondary N) is 1. The van der Waals surface area contributed by atoms with Crippen molar-refractivity contribution >= 4 is 60.0 Å². The summed E-state index contributed by atoms with van der Waals surface area (Å²) in [6.45, 7) is 1.44. The van der Waals surface area contributed by atoms with E-state index in [0.717, 1.165) is 0 Å². The monoisotopic (exact) mass is 642 g/mol. The Morgan fingerprint density at radius 2 is 1.44 bits per heavy atom. The number of sulfonamides is 2. The predicted molar refractivity (Wildman–Crippen MR) is 170 cm³/mol. The maximum Gasteiger partial charge on any atom is 0.419 e. The fraction of sp³-hybridized carbons (Fsp3) is 0.0938. The standard InChI is InChI=1S/C32H26N4O7S2/c1-2-43-32(38)35-27-19-10-9-18-26(27)30-31(35)29(33-21-28(37)34-30)22-12-11-13-23(20-22)36(44(39,40)24-14-5-3-6-15-24)45(41,42)25-16-7-4-8-17-25/h3-20H,2,21H2,1H3,(H,34,37). The fourth-order valence-electron chi connectivity index (χ4n) is 5.15. The number of fused-ring (bicyclic) bond motifs is 3. The van der Waals surface area contributed by atoms with E-state index in [1.54, 1.807) is 49.4 Å². The number of amides is 1. The molecule has 6 rings (SSSR count). The molecule has 228 valence electrons. The summed E-state index contributed by atoms with van der Waals surface area (Å²) in [5.41, 5.74) is 1.19. The number of nitrogens with zero attached hydrogens (tertiary/aromatic N) is 3. The third-order valence-electron chi connectivity index (χ3n) is 7.04. The Morgan fingerprint density at radius 3 is 2.07 bits per heavy atom. The van der Waals surface area contributed by atoms with Crippen molar-refractivity contribution in [2.45, 2.75) is 16.7 Å². The van der Waals surface area contributed by atoms with Gasteiger partial charge in [-0.3, -0.25) is 9.79 Å². The van der Waals surface area contributed by atoms with Crippen molar-refractivity contribution in [3.05, 3.63) is 120 Å². The molecule has 0 bridgehead atoms. The molecule has 1 N–H and O–H groups in total. The zero-order chi connectivity index (χ0) is 31.8. The third-order valence-corrected chi connectivity index (χ3v) is 11.3. The molecule has 1 amide bonds. The van der Waals surface area contributed by atoms with Gasteiger partial charge in [-0.25, -0.2) is 26.2 Å². The molecule has 0 unspecified atom stereocenters. The van der Waals surface area contributed by atoms with Crippen LogP contribution in [0.5, 0.6) is 0 Å². The molecule has 0 fully saturated rings. The Balaban J connectivity index is 1.60. The lowest BCUT2D eigenvalue weighted by Crippen LogP contribution is -2.37. The maximum absolute atomic E-state index is 14.1. The number of benzene rings is 4. The number of ether oxygens (including phenoxy) is 1. The minimum Gasteiger partial charge on any atom is -0.449 e. The van der Waals surface area contributed by atoms with Crippen LogP contribution in [0.3, 0.4) is 0 Å². The number of rotatable bonds is 7. The number of aliphatic imine (C=N–C) groups is 1. The second-order valence-electron chi connectivity index (χ2n) is 9.87. The lowest BCUT2D eigenvalue weighted by molar-refractivity contribution is -0.114. The highest BCUT2D eigenvalue weighted by Crippen LogP contribution is 2.36. The molecule has 1 aliphatic rings. The van der Waals surface area contributed by atoms with E-state index in [9.17, 15) is 26.4 Å². The second kappa shape index (κ2) is 11.7. The summed E-state index contributed by atoms with van der Waals surface area (Å²) >= 11 is 0. The van der Waals surface area contributed by atoms with Crippen molar-refractivity contribution in [2.24, 2.45) is 4.99 Å². The Labute approximate surface area is 259 Å². The van der Waals surface area contributed by atoms with Crippen LogP contribution in [0.25, 0.3) is 10.9 Å². The van der Waals surface area contributed by atoms with Crippen LogP contribution in [-0.2, 0) is 29.6 Å². The van der Waals surface area contributed by atoms with Gasteiger partial charge in [-0.05, 0) is 49.4 Å². The number of hydrogen-bond acceptors (Lipinski definition) is 8. The highest BCUT2D eigenvalue weighted by molar-refractivity contribution is 8.10. The van der Waals surface area contributed by atoms with E-state index in [1.807, 2.05) is 0 Å².